The van der Waals surface area contributed by atoms with Crippen molar-refractivity contribution in [3.63, 3.8) is 0 Å². The summed E-state index contributed by atoms with van der Waals surface area (Å²) in [5.74, 6) is -0.304. The van der Waals surface area contributed by atoms with Gasteiger partial charge in [0.15, 0.2) is 0 Å². The number of nitriles is 1. The molecule has 0 aliphatic rings. The lowest BCUT2D eigenvalue weighted by Gasteiger charge is -2.18. The Morgan fingerprint density at radius 2 is 1.90 bits per heavy atom. The summed E-state index contributed by atoms with van der Waals surface area (Å²) in [6, 6.07) is 13.3. The lowest BCUT2D eigenvalue weighted by Crippen LogP contribution is -2.34. The predicted molar refractivity (Wildman–Crippen MR) is 79.9 cm³/mol. The molecule has 1 heterocycles. The molecule has 1 aromatic heterocycles. The van der Waals surface area contributed by atoms with Crippen molar-refractivity contribution in [3.8, 4) is 6.07 Å². The first-order valence-electron chi connectivity index (χ1n) is 6.52. The Morgan fingerprint density at radius 3 is 2.52 bits per heavy atom. The van der Waals surface area contributed by atoms with Gasteiger partial charge in [-0.05, 0) is 38.1 Å². The summed E-state index contributed by atoms with van der Waals surface area (Å²) in [5, 5.41) is 11.7. The third-order valence-corrected chi connectivity index (χ3v) is 3.25. The molecule has 0 aliphatic carbocycles. The van der Waals surface area contributed by atoms with E-state index >= 15 is 0 Å². The Hall–Kier alpha value is -2.87. The number of carbonyl (C=O) groups excluding carboxylic acids is 1. The number of aryl methyl sites for hydroxylation is 1. The summed E-state index contributed by atoms with van der Waals surface area (Å²) < 4.78 is 1.33. The second kappa shape index (κ2) is 6.06. The molecule has 1 aromatic carbocycles. The van der Waals surface area contributed by atoms with Crippen LogP contribution in [0.4, 0.5) is 5.69 Å². The summed E-state index contributed by atoms with van der Waals surface area (Å²) in [6.45, 7) is 3.36. The number of carbonyl (C=O) groups is 1. The van der Waals surface area contributed by atoms with Gasteiger partial charge in [0.2, 0.25) is 5.91 Å². The molecular formula is C16H15N3O2. The van der Waals surface area contributed by atoms with E-state index in [4.69, 9.17) is 5.26 Å². The lowest BCUT2D eigenvalue weighted by molar-refractivity contribution is -0.118. The summed E-state index contributed by atoms with van der Waals surface area (Å²) >= 11 is 0. The van der Waals surface area contributed by atoms with Crippen LogP contribution in [0.25, 0.3) is 0 Å². The Labute approximate surface area is 122 Å². The van der Waals surface area contributed by atoms with Crippen molar-refractivity contribution in [2.45, 2.75) is 19.9 Å². The number of rotatable bonds is 3. The number of para-hydroxylation sites is 1. The highest BCUT2D eigenvalue weighted by Crippen LogP contribution is 2.12. The van der Waals surface area contributed by atoms with E-state index in [0.29, 0.717) is 11.4 Å². The van der Waals surface area contributed by atoms with E-state index in [1.165, 1.54) is 10.6 Å². The van der Waals surface area contributed by atoms with Crippen LogP contribution in [0.2, 0.25) is 0 Å². The van der Waals surface area contributed by atoms with Crippen LogP contribution in [-0.4, -0.2) is 10.5 Å². The standard InChI is InChI=1S/C16H15N3O2/c1-11-8-9-13(10-17)16(21)19(11)12(2)15(20)18-14-6-4-3-5-7-14/h3-9,12H,1-2H3,(H,18,20). The minimum absolute atomic E-state index is 0.0277. The minimum atomic E-state index is -0.703. The molecule has 2 rings (SSSR count). The Bertz CT molecular complexity index is 757. The first kappa shape index (κ1) is 14.5. The number of nitrogens with one attached hydrogen (secondary N) is 1. The SMILES string of the molecule is Cc1ccc(C#N)c(=O)n1C(C)C(=O)Nc1ccccc1. The van der Waals surface area contributed by atoms with Crippen molar-refractivity contribution < 1.29 is 4.79 Å². The Morgan fingerprint density at radius 1 is 1.24 bits per heavy atom. The van der Waals surface area contributed by atoms with E-state index in [0.717, 1.165) is 0 Å². The zero-order valence-electron chi connectivity index (χ0n) is 11.8. The van der Waals surface area contributed by atoms with Gasteiger partial charge in [-0.1, -0.05) is 18.2 Å². The summed E-state index contributed by atoms with van der Waals surface area (Å²) in [6.07, 6.45) is 0. The molecule has 5 nitrogen and oxygen atoms in total. The van der Waals surface area contributed by atoms with Gasteiger partial charge >= 0.3 is 0 Å². The largest absolute Gasteiger partial charge is 0.324 e. The number of hydrogen-bond acceptors (Lipinski definition) is 3. The maximum absolute atomic E-state index is 12.3. The maximum Gasteiger partial charge on any atom is 0.269 e. The number of benzene rings is 1. The highest BCUT2D eigenvalue weighted by Gasteiger charge is 2.19. The summed E-state index contributed by atoms with van der Waals surface area (Å²) in [7, 11) is 0. The van der Waals surface area contributed by atoms with E-state index in [1.54, 1.807) is 32.0 Å². The third kappa shape index (κ3) is 3.00. The second-order valence-electron chi connectivity index (χ2n) is 4.71. The van der Waals surface area contributed by atoms with Crippen LogP contribution >= 0.6 is 0 Å². The molecular weight excluding hydrogens is 266 g/mol. The first-order chi connectivity index (χ1) is 10.0. The van der Waals surface area contributed by atoms with E-state index < -0.39 is 11.6 Å². The van der Waals surface area contributed by atoms with Crippen LogP contribution in [0.15, 0.2) is 47.3 Å². The number of anilines is 1. The summed E-state index contributed by atoms with van der Waals surface area (Å²) in [5.41, 5.74) is 0.874. The number of amides is 1. The van der Waals surface area contributed by atoms with Gasteiger partial charge in [-0.15, -0.1) is 0 Å². The van der Waals surface area contributed by atoms with Crippen LogP contribution in [0, 0.1) is 18.3 Å². The zero-order chi connectivity index (χ0) is 15.4. The number of nitrogens with zero attached hydrogens (tertiary/aromatic N) is 2. The minimum Gasteiger partial charge on any atom is -0.324 e. The molecule has 0 aliphatic heterocycles. The molecule has 0 saturated carbocycles. The molecule has 1 unspecified atom stereocenters. The van der Waals surface area contributed by atoms with Crippen LogP contribution in [-0.2, 0) is 4.79 Å². The quantitative estimate of drug-likeness (QED) is 0.937. The van der Waals surface area contributed by atoms with Gasteiger partial charge in [-0.3, -0.25) is 14.2 Å². The molecule has 2 aromatic rings. The average Bonchev–Trinajstić information content (AvgIpc) is 2.48. The van der Waals surface area contributed by atoms with Gasteiger partial charge < -0.3 is 5.32 Å². The molecule has 106 valence electrons. The number of hydrogen-bond donors (Lipinski definition) is 1. The highest BCUT2D eigenvalue weighted by molar-refractivity contribution is 5.93. The van der Waals surface area contributed by atoms with Gasteiger partial charge in [0, 0.05) is 11.4 Å². The predicted octanol–water partition coefficient (Wildman–Crippen LogP) is 2.23. The Balaban J connectivity index is 2.32. The molecule has 1 atom stereocenters. The van der Waals surface area contributed by atoms with Crippen molar-refractivity contribution in [3.05, 3.63) is 64.1 Å². The van der Waals surface area contributed by atoms with Crippen molar-refractivity contribution in [1.82, 2.24) is 4.57 Å². The van der Waals surface area contributed by atoms with Crippen molar-refractivity contribution in [1.29, 1.82) is 5.26 Å². The molecule has 1 N–H and O–H groups in total. The van der Waals surface area contributed by atoms with E-state index in [9.17, 15) is 9.59 Å². The molecule has 0 radical (unpaired) electrons. The summed E-state index contributed by atoms with van der Waals surface area (Å²) in [4.78, 5) is 24.4. The van der Waals surface area contributed by atoms with Gasteiger partial charge in [0.05, 0.1) is 0 Å². The fraction of sp³-hybridized carbons (Fsp3) is 0.188. The van der Waals surface area contributed by atoms with Gasteiger partial charge in [0.1, 0.15) is 17.7 Å². The van der Waals surface area contributed by atoms with E-state index in [-0.39, 0.29) is 11.5 Å². The number of pyridine rings is 1. The van der Waals surface area contributed by atoms with Crippen molar-refractivity contribution in [2.75, 3.05) is 5.32 Å². The molecule has 0 bridgehead atoms. The monoisotopic (exact) mass is 281 g/mol. The van der Waals surface area contributed by atoms with E-state index in [2.05, 4.69) is 5.32 Å². The van der Waals surface area contributed by atoms with Crippen LogP contribution < -0.4 is 10.9 Å². The lowest BCUT2D eigenvalue weighted by atomic mass is 10.2. The van der Waals surface area contributed by atoms with Gasteiger partial charge in [-0.2, -0.15) is 5.26 Å². The van der Waals surface area contributed by atoms with Gasteiger partial charge in [0.25, 0.3) is 5.56 Å². The number of aromatic nitrogens is 1. The molecule has 21 heavy (non-hydrogen) atoms. The molecule has 0 saturated heterocycles. The van der Waals surface area contributed by atoms with Gasteiger partial charge in [-0.25, -0.2) is 0 Å². The zero-order valence-corrected chi connectivity index (χ0v) is 11.8. The molecule has 5 heteroatoms. The van der Waals surface area contributed by atoms with Crippen molar-refractivity contribution >= 4 is 11.6 Å². The molecule has 0 fully saturated rings. The fourth-order valence-electron chi connectivity index (χ4n) is 2.10. The van der Waals surface area contributed by atoms with Crippen LogP contribution in [0.5, 0.6) is 0 Å². The second-order valence-corrected chi connectivity index (χ2v) is 4.71. The normalized spacial score (nSPS) is 11.5. The molecule has 0 spiro atoms. The fourth-order valence-corrected chi connectivity index (χ4v) is 2.10. The maximum atomic E-state index is 12.3. The van der Waals surface area contributed by atoms with E-state index in [1.807, 2.05) is 24.3 Å². The van der Waals surface area contributed by atoms with Crippen molar-refractivity contribution in [2.24, 2.45) is 0 Å². The molecule has 1 amide bonds. The third-order valence-electron chi connectivity index (χ3n) is 3.25. The first-order valence-corrected chi connectivity index (χ1v) is 6.52. The van der Waals surface area contributed by atoms with Crippen LogP contribution in [0.1, 0.15) is 24.2 Å². The highest BCUT2D eigenvalue weighted by atomic mass is 16.2. The smallest absolute Gasteiger partial charge is 0.269 e. The average molecular weight is 281 g/mol. The van der Waals surface area contributed by atoms with Crippen LogP contribution in [0.3, 0.4) is 0 Å². The topological polar surface area (TPSA) is 74.9 Å². The Kier molecular flexibility index (Phi) is 4.19.